The molecular weight excluding hydrogens is 528 g/mol. The molecule has 9 nitrogen and oxygen atoms in total. The molecule has 0 N–H and O–H groups in total. The van der Waals surface area contributed by atoms with Gasteiger partial charge in [0.05, 0.1) is 12.1 Å². The lowest BCUT2D eigenvalue weighted by Gasteiger charge is -2.41. The summed E-state index contributed by atoms with van der Waals surface area (Å²) in [5.41, 5.74) is -2.19. The molecule has 0 spiro atoms. The maximum absolute atomic E-state index is 13.4. The molecule has 1 aromatic rings. The second kappa shape index (κ2) is 8.72. The Balaban J connectivity index is 2.26. The van der Waals surface area contributed by atoms with E-state index in [2.05, 4.69) is 14.3 Å². The third-order valence-corrected chi connectivity index (χ3v) is 5.54. The van der Waals surface area contributed by atoms with Crippen molar-refractivity contribution in [3.63, 3.8) is 0 Å². The van der Waals surface area contributed by atoms with Crippen LogP contribution in [0.2, 0.25) is 0 Å². The van der Waals surface area contributed by atoms with Gasteiger partial charge in [-0.05, 0) is 24.3 Å². The van der Waals surface area contributed by atoms with E-state index in [0.29, 0.717) is 6.08 Å². The van der Waals surface area contributed by atoms with Gasteiger partial charge in [0.25, 0.3) is 5.09 Å². The molecule has 1 aromatic carbocycles. The Bertz CT molecular complexity index is 1060. The molecule has 198 valence electrons. The van der Waals surface area contributed by atoms with Crippen LogP contribution in [0.3, 0.4) is 0 Å². The Kier molecular flexibility index (Phi) is 6.96. The first-order valence-electron chi connectivity index (χ1n) is 9.22. The van der Waals surface area contributed by atoms with E-state index >= 15 is 0 Å². The quantitative estimate of drug-likeness (QED) is 0.193. The number of benzene rings is 1. The number of hydrogen-bond acceptors (Lipinski definition) is 7. The summed E-state index contributed by atoms with van der Waals surface area (Å²) in [7, 11) is -10.2. The normalized spacial score (nSPS) is 17.6. The summed E-state index contributed by atoms with van der Waals surface area (Å²) in [6.07, 6.45) is -7.93. The van der Waals surface area contributed by atoms with Crippen molar-refractivity contribution in [1.29, 1.82) is 0 Å². The first-order chi connectivity index (χ1) is 15.7. The Labute approximate surface area is 191 Å². The average molecular weight is 544 g/mol. The number of nitrogens with zero attached hydrogens (tertiary/aromatic N) is 2. The summed E-state index contributed by atoms with van der Waals surface area (Å²) in [5, 5.41) is 9.00. The SMILES string of the molecule is CC(=O)N(CCOC(=O)C1=Cc2cc(S(F)(F)(F)(F)F)ccc2O[C@@H]1C(F)(F)F)CCO[N+](=O)[O-]. The smallest absolute Gasteiger partial charge is 0.430 e. The molecule has 0 saturated heterocycles. The summed E-state index contributed by atoms with van der Waals surface area (Å²) in [6, 6.07) is -0.00874. The Hall–Kier alpha value is -3.31. The van der Waals surface area contributed by atoms with Gasteiger partial charge >= 0.3 is 22.4 Å². The van der Waals surface area contributed by atoms with Gasteiger partial charge in [0.15, 0.2) is 0 Å². The molecule has 1 aliphatic rings. The number of fused-ring (bicyclic) bond motifs is 1. The third kappa shape index (κ3) is 7.59. The number of esters is 1. The van der Waals surface area contributed by atoms with E-state index in [1.807, 2.05) is 0 Å². The van der Waals surface area contributed by atoms with Crippen LogP contribution in [0.4, 0.5) is 32.6 Å². The lowest BCUT2D eigenvalue weighted by atomic mass is 10.0. The van der Waals surface area contributed by atoms with Crippen molar-refractivity contribution in [3.8, 4) is 5.75 Å². The molecule has 0 saturated carbocycles. The first kappa shape index (κ1) is 27.9. The van der Waals surface area contributed by atoms with E-state index in [1.165, 1.54) is 0 Å². The number of carbonyl (C=O) groups excluding carboxylic acids is 2. The summed E-state index contributed by atoms with van der Waals surface area (Å²) in [5.74, 6) is -3.19. The summed E-state index contributed by atoms with van der Waals surface area (Å²) >= 11 is 0. The molecule has 0 aliphatic carbocycles. The first-order valence-corrected chi connectivity index (χ1v) is 11.2. The van der Waals surface area contributed by atoms with Gasteiger partial charge in [-0.25, -0.2) is 4.79 Å². The van der Waals surface area contributed by atoms with Crippen LogP contribution in [-0.4, -0.2) is 60.4 Å². The largest absolute Gasteiger partial charge is 0.475 e. The maximum Gasteiger partial charge on any atom is 0.430 e. The fourth-order valence-corrected chi connectivity index (χ4v) is 3.49. The van der Waals surface area contributed by atoms with E-state index in [0.717, 1.165) is 11.8 Å². The molecule has 1 atom stereocenters. The lowest BCUT2D eigenvalue weighted by Crippen LogP contribution is -2.41. The van der Waals surface area contributed by atoms with Crippen molar-refractivity contribution in [2.75, 3.05) is 26.3 Å². The van der Waals surface area contributed by atoms with Gasteiger partial charge in [0.2, 0.25) is 12.0 Å². The van der Waals surface area contributed by atoms with Crippen LogP contribution in [0.15, 0.2) is 28.7 Å². The van der Waals surface area contributed by atoms with Crippen LogP contribution in [-0.2, 0) is 19.2 Å². The van der Waals surface area contributed by atoms with E-state index in [1.54, 1.807) is 0 Å². The second-order valence-corrected chi connectivity index (χ2v) is 9.42. The standard InChI is InChI=1S/C17H16F8N2O7S/c1-10(28)26(5-7-33-27(30)31)4-6-32-16(29)13-9-11-8-12(35(21,22,23,24)25)2-3-14(11)34-15(13)17(18,19)20/h2-3,8-9,15H,4-7H2,1H3/t15-/m0/s1. The minimum Gasteiger partial charge on any atom is -0.475 e. The Morgan fingerprint density at radius 3 is 2.26 bits per heavy atom. The number of ether oxygens (including phenoxy) is 2. The molecule has 1 heterocycles. The van der Waals surface area contributed by atoms with Gasteiger partial charge in [-0.15, -0.1) is 10.1 Å². The molecule has 0 bridgehead atoms. The van der Waals surface area contributed by atoms with Gasteiger partial charge in [-0.1, -0.05) is 19.4 Å². The predicted octanol–water partition coefficient (Wildman–Crippen LogP) is 4.65. The van der Waals surface area contributed by atoms with Crippen LogP contribution in [0.25, 0.3) is 6.08 Å². The van der Waals surface area contributed by atoms with Gasteiger partial charge in [-0.2, -0.15) is 13.2 Å². The highest BCUT2D eigenvalue weighted by atomic mass is 32.5. The number of carbonyl (C=O) groups is 2. The van der Waals surface area contributed by atoms with E-state index in [-0.39, 0.29) is 24.7 Å². The second-order valence-electron chi connectivity index (χ2n) is 7.01. The summed E-state index contributed by atoms with van der Waals surface area (Å²) < 4.78 is 115. The highest BCUT2D eigenvalue weighted by molar-refractivity contribution is 8.45. The molecule has 0 radical (unpaired) electrons. The Morgan fingerprint density at radius 2 is 1.74 bits per heavy atom. The van der Waals surface area contributed by atoms with Crippen molar-refractivity contribution in [2.45, 2.75) is 24.1 Å². The van der Waals surface area contributed by atoms with Crippen molar-refractivity contribution in [2.24, 2.45) is 0 Å². The molecule has 0 fully saturated rings. The maximum atomic E-state index is 13.4. The highest BCUT2D eigenvalue weighted by Gasteiger charge is 2.65. The van der Waals surface area contributed by atoms with E-state index in [4.69, 9.17) is 0 Å². The molecule has 0 aromatic heterocycles. The number of halogens is 8. The highest BCUT2D eigenvalue weighted by Crippen LogP contribution is 3.02. The minimum absolute atomic E-state index is 0.135. The van der Waals surface area contributed by atoms with Crippen molar-refractivity contribution in [1.82, 2.24) is 4.90 Å². The molecule has 1 aliphatic heterocycles. The van der Waals surface area contributed by atoms with E-state index < -0.39 is 81.0 Å². The molecule has 2 rings (SSSR count). The minimum atomic E-state index is -10.2. The molecule has 0 unspecified atom stereocenters. The molecule has 1 amide bonds. The lowest BCUT2D eigenvalue weighted by molar-refractivity contribution is -0.757. The average Bonchev–Trinajstić information content (AvgIpc) is 2.68. The number of amides is 1. The van der Waals surface area contributed by atoms with Crippen LogP contribution in [0.5, 0.6) is 5.75 Å². The van der Waals surface area contributed by atoms with Gasteiger partial charge in [0.1, 0.15) is 23.9 Å². The van der Waals surface area contributed by atoms with Crippen molar-refractivity contribution < 1.29 is 61.6 Å². The summed E-state index contributed by atoms with van der Waals surface area (Å²) in [4.78, 5) is 36.4. The topological polar surface area (TPSA) is 108 Å². The monoisotopic (exact) mass is 544 g/mol. The number of rotatable bonds is 9. The van der Waals surface area contributed by atoms with E-state index in [9.17, 15) is 52.3 Å². The molecular formula is C17H16F8N2O7S. The van der Waals surface area contributed by atoms with Crippen LogP contribution < -0.4 is 4.74 Å². The number of alkyl halides is 3. The fourth-order valence-electron chi connectivity index (χ4n) is 2.81. The third-order valence-electron chi connectivity index (χ3n) is 4.40. The van der Waals surface area contributed by atoms with Gasteiger partial charge in [-0.3, -0.25) is 4.79 Å². The van der Waals surface area contributed by atoms with Crippen LogP contribution >= 0.6 is 10.2 Å². The Morgan fingerprint density at radius 1 is 1.14 bits per heavy atom. The van der Waals surface area contributed by atoms with Crippen molar-refractivity contribution in [3.05, 3.63) is 39.4 Å². The predicted molar refractivity (Wildman–Crippen MR) is 102 cm³/mol. The van der Waals surface area contributed by atoms with Crippen LogP contribution in [0.1, 0.15) is 12.5 Å². The van der Waals surface area contributed by atoms with Gasteiger partial charge in [0, 0.05) is 19.0 Å². The molecule has 18 heteroatoms. The molecule has 35 heavy (non-hydrogen) atoms. The van der Waals surface area contributed by atoms with Crippen molar-refractivity contribution >= 4 is 28.2 Å². The van der Waals surface area contributed by atoms with Crippen LogP contribution in [0, 0.1) is 10.1 Å². The zero-order valence-electron chi connectivity index (χ0n) is 17.4. The fraction of sp³-hybridized carbons (Fsp3) is 0.412. The summed E-state index contributed by atoms with van der Waals surface area (Å²) in [6.45, 7) is -1.01. The zero-order valence-corrected chi connectivity index (χ0v) is 18.2. The zero-order chi connectivity index (χ0) is 26.9. The number of hydrogen-bond donors (Lipinski definition) is 0. The van der Waals surface area contributed by atoms with Gasteiger partial charge < -0.3 is 19.2 Å².